The monoisotopic (exact) mass is 514 g/mol. The number of hydrogen-bond acceptors (Lipinski definition) is 9. The van der Waals surface area contributed by atoms with Gasteiger partial charge in [-0.05, 0) is 24.1 Å². The molecule has 1 aromatic carbocycles. The first kappa shape index (κ1) is 27.1. The highest BCUT2D eigenvalue weighted by atomic mass is 32.2. The molecule has 0 N–H and O–H groups in total. The second kappa shape index (κ2) is 13.0. The van der Waals surface area contributed by atoms with Gasteiger partial charge in [-0.15, -0.1) is 11.8 Å². The molecule has 0 saturated carbocycles. The van der Waals surface area contributed by atoms with Crippen LogP contribution in [-0.4, -0.2) is 57.8 Å². The minimum Gasteiger partial charge on any atom is -0.475 e. The quantitative estimate of drug-likeness (QED) is 0.360. The lowest BCUT2D eigenvalue weighted by molar-refractivity contribution is -0.170. The maximum Gasteiger partial charge on any atom is 0.303 e. The topological polar surface area (TPSA) is 105 Å². The maximum absolute atomic E-state index is 11.9. The van der Waals surface area contributed by atoms with E-state index in [-0.39, 0.29) is 17.3 Å². The van der Waals surface area contributed by atoms with Crippen molar-refractivity contribution in [1.29, 1.82) is 0 Å². The molecule has 3 aromatic rings. The van der Waals surface area contributed by atoms with Gasteiger partial charge in [0.25, 0.3) is 0 Å². The molecule has 0 radical (unpaired) electrons. The fourth-order valence-corrected chi connectivity index (χ4v) is 5.17. The molecule has 0 spiro atoms. The van der Waals surface area contributed by atoms with Crippen molar-refractivity contribution in [3.63, 3.8) is 0 Å². The number of aromatic nitrogens is 2. The van der Waals surface area contributed by atoms with E-state index < -0.39 is 24.1 Å². The van der Waals surface area contributed by atoms with Crippen molar-refractivity contribution in [2.45, 2.75) is 44.8 Å². The van der Waals surface area contributed by atoms with Gasteiger partial charge in [0.1, 0.15) is 12.2 Å². The molecule has 4 rings (SSSR count). The van der Waals surface area contributed by atoms with Gasteiger partial charge >= 0.3 is 17.9 Å². The predicted octanol–water partition coefficient (Wildman–Crippen LogP) is 3.69. The molecule has 0 bridgehead atoms. The van der Waals surface area contributed by atoms with Crippen LogP contribution in [0.4, 0.5) is 0 Å². The fraction of sp³-hybridized carbons (Fsp3) is 0.385. The van der Waals surface area contributed by atoms with E-state index in [1.165, 1.54) is 27.9 Å². The van der Waals surface area contributed by atoms with Gasteiger partial charge in [0.2, 0.25) is 0 Å². The van der Waals surface area contributed by atoms with Crippen molar-refractivity contribution in [2.24, 2.45) is 5.92 Å². The Kier molecular flexibility index (Phi) is 9.75. The van der Waals surface area contributed by atoms with Gasteiger partial charge in [-0.25, -0.2) is 4.98 Å². The van der Waals surface area contributed by atoms with Crippen LogP contribution >= 0.6 is 11.8 Å². The lowest BCUT2D eigenvalue weighted by Crippen LogP contribution is -2.51. The molecule has 0 aliphatic carbocycles. The molecule has 192 valence electrons. The summed E-state index contributed by atoms with van der Waals surface area (Å²) < 4.78 is 23.6. The van der Waals surface area contributed by atoms with Gasteiger partial charge < -0.3 is 23.3 Å². The molecule has 1 saturated heterocycles. The van der Waals surface area contributed by atoms with Crippen molar-refractivity contribution in [1.82, 2.24) is 9.38 Å². The number of hydrogen-bond donors (Lipinski definition) is 0. The molecular formula is C26H30N2O7S. The summed E-state index contributed by atoms with van der Waals surface area (Å²) in [5.41, 5.74) is 1.48. The molecule has 1 fully saturated rings. The van der Waals surface area contributed by atoms with Crippen molar-refractivity contribution in [2.75, 3.05) is 12.9 Å². The second-order valence-corrected chi connectivity index (χ2v) is 9.25. The standard InChI is InChI=1S/C23H24N2O5S.C3H6O2/c1-15(26)28-20-14-31-23(30-19-9-6-11-25-12-10-24-22(19)25)18(21(20)29-16(2)27)13-17-7-4-3-5-8-17;1-3(4)5-2/h3-12,18,20-21,23H,13-14H2,1-2H3;1-2H3/t18-,20+,21+,23+;/m0./s1. The number of pyridine rings is 1. The maximum atomic E-state index is 11.9. The number of benzene rings is 1. The minimum atomic E-state index is -0.618. The SMILES string of the molecule is CC(=O)O[C@@H]1[C@H](Cc2ccccc2)[C@H](Oc2cccn3ccnc23)SC[C@H]1OC(C)=O.COC(C)=O. The fourth-order valence-electron chi connectivity index (χ4n) is 3.87. The Balaban J connectivity index is 0.000000658. The second-order valence-electron chi connectivity index (χ2n) is 8.12. The summed E-state index contributed by atoms with van der Waals surface area (Å²) >= 11 is 1.55. The molecule has 0 unspecified atom stereocenters. The Hall–Kier alpha value is -3.53. The van der Waals surface area contributed by atoms with E-state index in [1.54, 1.807) is 18.0 Å². The van der Waals surface area contributed by atoms with Gasteiger partial charge in [0.05, 0.1) is 13.0 Å². The number of imidazole rings is 1. The van der Waals surface area contributed by atoms with Crippen LogP contribution in [-0.2, 0) is 35.0 Å². The third-order valence-electron chi connectivity index (χ3n) is 5.41. The van der Waals surface area contributed by atoms with Crippen molar-refractivity contribution in [3.05, 3.63) is 66.6 Å². The Morgan fingerprint density at radius 3 is 2.31 bits per heavy atom. The van der Waals surface area contributed by atoms with Crippen LogP contribution in [0, 0.1) is 5.92 Å². The average Bonchev–Trinajstić information content (AvgIpc) is 3.33. The van der Waals surface area contributed by atoms with Crippen LogP contribution < -0.4 is 4.74 Å². The third-order valence-corrected chi connectivity index (χ3v) is 6.71. The number of methoxy groups -OCH3 is 1. The first-order chi connectivity index (χ1) is 17.3. The van der Waals surface area contributed by atoms with Crippen LogP contribution in [0.25, 0.3) is 5.65 Å². The summed E-state index contributed by atoms with van der Waals surface area (Å²) in [5, 5.41) is 0. The number of esters is 3. The van der Waals surface area contributed by atoms with Crippen LogP contribution in [0.5, 0.6) is 5.75 Å². The molecule has 9 nitrogen and oxygen atoms in total. The molecular weight excluding hydrogens is 484 g/mol. The van der Waals surface area contributed by atoms with Crippen molar-refractivity contribution in [3.8, 4) is 5.75 Å². The summed E-state index contributed by atoms with van der Waals surface area (Å²) in [7, 11) is 1.35. The summed E-state index contributed by atoms with van der Waals surface area (Å²) in [6, 6.07) is 13.7. The van der Waals surface area contributed by atoms with E-state index in [1.807, 2.05) is 59.3 Å². The number of fused-ring (bicyclic) bond motifs is 1. The molecule has 1 aliphatic rings. The Morgan fingerprint density at radius 2 is 1.67 bits per heavy atom. The number of carbonyl (C=O) groups excluding carboxylic acids is 3. The van der Waals surface area contributed by atoms with Crippen molar-refractivity contribution < 1.29 is 33.3 Å². The molecule has 4 atom stereocenters. The van der Waals surface area contributed by atoms with E-state index in [4.69, 9.17) is 14.2 Å². The highest BCUT2D eigenvalue weighted by Crippen LogP contribution is 2.38. The molecule has 36 heavy (non-hydrogen) atoms. The van der Waals surface area contributed by atoms with E-state index in [9.17, 15) is 14.4 Å². The summed E-state index contributed by atoms with van der Waals surface area (Å²) in [4.78, 5) is 37.6. The first-order valence-corrected chi connectivity index (χ1v) is 12.5. The van der Waals surface area contributed by atoms with Crippen LogP contribution in [0.1, 0.15) is 26.3 Å². The first-order valence-electron chi connectivity index (χ1n) is 11.4. The lowest BCUT2D eigenvalue weighted by atomic mass is 9.90. The number of carbonyl (C=O) groups is 3. The zero-order valence-corrected chi connectivity index (χ0v) is 21.5. The number of ether oxygens (including phenoxy) is 4. The average molecular weight is 515 g/mol. The van der Waals surface area contributed by atoms with E-state index in [0.29, 0.717) is 23.6 Å². The third kappa shape index (κ3) is 7.48. The lowest BCUT2D eigenvalue weighted by Gasteiger charge is -2.41. The minimum absolute atomic E-state index is 0.232. The Labute approximate surface area is 214 Å². The highest BCUT2D eigenvalue weighted by molar-refractivity contribution is 7.99. The normalized spacial score (nSPS) is 21.0. The van der Waals surface area contributed by atoms with E-state index in [0.717, 1.165) is 5.56 Å². The van der Waals surface area contributed by atoms with Gasteiger partial charge in [-0.1, -0.05) is 30.3 Å². The van der Waals surface area contributed by atoms with E-state index in [2.05, 4.69) is 9.72 Å². The summed E-state index contributed by atoms with van der Waals surface area (Å²) in [6.45, 7) is 4.09. The highest BCUT2D eigenvalue weighted by Gasteiger charge is 2.45. The van der Waals surface area contributed by atoms with Crippen molar-refractivity contribution >= 4 is 35.3 Å². The van der Waals surface area contributed by atoms with Gasteiger partial charge in [-0.2, -0.15) is 0 Å². The summed E-state index contributed by atoms with van der Waals surface area (Å²) in [5.74, 6) is -0.181. The molecule has 3 heterocycles. The number of nitrogens with zero attached hydrogens (tertiary/aromatic N) is 2. The molecule has 1 aliphatic heterocycles. The molecule has 10 heteroatoms. The van der Waals surface area contributed by atoms with Gasteiger partial charge in [0.15, 0.2) is 16.8 Å². The van der Waals surface area contributed by atoms with E-state index >= 15 is 0 Å². The Morgan fingerprint density at radius 1 is 0.972 bits per heavy atom. The molecule has 2 aromatic heterocycles. The van der Waals surface area contributed by atoms with Gasteiger partial charge in [-0.3, -0.25) is 14.4 Å². The van der Waals surface area contributed by atoms with Crippen LogP contribution in [0.15, 0.2) is 61.1 Å². The van der Waals surface area contributed by atoms with Gasteiger partial charge in [0, 0.05) is 45.1 Å². The number of thioether (sulfide) groups is 1. The predicted molar refractivity (Wildman–Crippen MR) is 134 cm³/mol. The molecule has 0 amide bonds. The zero-order chi connectivity index (χ0) is 26.1. The smallest absolute Gasteiger partial charge is 0.303 e. The van der Waals surface area contributed by atoms with Crippen LogP contribution in [0.3, 0.4) is 0 Å². The zero-order valence-electron chi connectivity index (χ0n) is 20.7. The Bertz CT molecular complexity index is 1170. The van der Waals surface area contributed by atoms with Crippen LogP contribution in [0.2, 0.25) is 0 Å². The summed E-state index contributed by atoms with van der Waals surface area (Å²) in [6.07, 6.45) is 4.93. The number of rotatable bonds is 6. The largest absolute Gasteiger partial charge is 0.475 e.